The average Bonchev–Trinajstić information content (AvgIpc) is 2.77. The Bertz CT molecular complexity index is 1080. The van der Waals surface area contributed by atoms with E-state index in [0.29, 0.717) is 17.5 Å². The molecule has 0 saturated heterocycles. The molecule has 32 heavy (non-hydrogen) atoms. The van der Waals surface area contributed by atoms with Gasteiger partial charge in [-0.3, -0.25) is 4.21 Å². The van der Waals surface area contributed by atoms with E-state index in [9.17, 15) is 9.32 Å². The molecule has 3 aliphatic rings. The quantitative estimate of drug-likeness (QED) is 0.679. The maximum atomic E-state index is 12.8. The summed E-state index contributed by atoms with van der Waals surface area (Å²) >= 11 is 6.06. The zero-order valence-electron chi connectivity index (χ0n) is 18.4. The van der Waals surface area contributed by atoms with Gasteiger partial charge in [-0.25, -0.2) is 4.98 Å². The zero-order valence-corrected chi connectivity index (χ0v) is 19.9. The number of hydrogen-bond donors (Lipinski definition) is 2. The number of rotatable bonds is 5. The van der Waals surface area contributed by atoms with E-state index >= 15 is 0 Å². The lowest BCUT2D eigenvalue weighted by molar-refractivity contribution is 0.143. The van der Waals surface area contributed by atoms with Gasteiger partial charge in [0.15, 0.2) is 0 Å². The van der Waals surface area contributed by atoms with Crippen LogP contribution in [-0.4, -0.2) is 50.3 Å². The van der Waals surface area contributed by atoms with Crippen molar-refractivity contribution >= 4 is 39.7 Å². The molecule has 1 aromatic carbocycles. The standard InChI is InChI=1S/C24H29ClN4O2S/c1-16-14-29(12-9-19(16)17-5-7-18(25)8-6-17)23-26-20-4-2-13-32(31)21(20)22(27-23)28-24(15-30)10-3-11-24/h5-8,30H,2-4,9-15H2,1H3,(H,26,27,28). The largest absolute Gasteiger partial charge is 0.394 e. The summed E-state index contributed by atoms with van der Waals surface area (Å²) in [6, 6.07) is 8.03. The predicted molar refractivity (Wildman–Crippen MR) is 130 cm³/mol. The Kier molecular flexibility index (Phi) is 5.99. The lowest BCUT2D eigenvalue weighted by Crippen LogP contribution is -2.49. The lowest BCUT2D eigenvalue weighted by atomic mass is 9.77. The normalized spacial score (nSPS) is 22.3. The monoisotopic (exact) mass is 472 g/mol. The second-order valence-corrected chi connectivity index (χ2v) is 11.1. The number of aliphatic hydroxyl groups excluding tert-OH is 1. The van der Waals surface area contributed by atoms with Crippen LogP contribution in [0.5, 0.6) is 0 Å². The molecule has 3 heterocycles. The number of nitrogens with zero attached hydrogens (tertiary/aromatic N) is 3. The number of nitrogens with one attached hydrogen (secondary N) is 1. The van der Waals surface area contributed by atoms with Gasteiger partial charge in [-0.05, 0) is 68.7 Å². The van der Waals surface area contributed by atoms with Gasteiger partial charge in [0.05, 0.1) is 28.6 Å². The lowest BCUT2D eigenvalue weighted by Gasteiger charge is -2.42. The molecule has 0 radical (unpaired) electrons. The van der Waals surface area contributed by atoms with E-state index in [1.54, 1.807) is 0 Å². The van der Waals surface area contributed by atoms with Crippen molar-refractivity contribution in [2.75, 3.05) is 35.7 Å². The predicted octanol–water partition coefficient (Wildman–Crippen LogP) is 4.19. The van der Waals surface area contributed by atoms with Crippen LogP contribution < -0.4 is 10.2 Å². The first-order chi connectivity index (χ1) is 15.5. The summed E-state index contributed by atoms with van der Waals surface area (Å²) in [6.45, 7) is 3.80. The molecule has 5 rings (SSSR count). The Morgan fingerprint density at radius 1 is 1.19 bits per heavy atom. The SMILES string of the molecule is CC1=C(c2ccc(Cl)cc2)CCN(c2nc3c(c(NC4(CO)CCC4)n2)S(=O)CCC3)C1. The van der Waals surface area contributed by atoms with Gasteiger partial charge in [0, 0.05) is 23.9 Å². The van der Waals surface area contributed by atoms with Crippen LogP contribution in [0.4, 0.5) is 11.8 Å². The van der Waals surface area contributed by atoms with Crippen LogP contribution in [-0.2, 0) is 17.2 Å². The van der Waals surface area contributed by atoms with Crippen LogP contribution in [0.2, 0.25) is 5.02 Å². The van der Waals surface area contributed by atoms with E-state index in [2.05, 4.69) is 29.3 Å². The van der Waals surface area contributed by atoms with Gasteiger partial charge in [0.1, 0.15) is 10.7 Å². The van der Waals surface area contributed by atoms with Crippen LogP contribution in [0.1, 0.15) is 50.3 Å². The van der Waals surface area contributed by atoms with Crippen molar-refractivity contribution in [3.63, 3.8) is 0 Å². The van der Waals surface area contributed by atoms with Crippen molar-refractivity contribution < 1.29 is 9.32 Å². The summed E-state index contributed by atoms with van der Waals surface area (Å²) in [5, 5.41) is 14.2. The highest BCUT2D eigenvalue weighted by molar-refractivity contribution is 7.85. The summed E-state index contributed by atoms with van der Waals surface area (Å²) in [7, 11) is -1.10. The van der Waals surface area contributed by atoms with Crippen molar-refractivity contribution in [1.29, 1.82) is 0 Å². The minimum absolute atomic E-state index is 0.0593. The van der Waals surface area contributed by atoms with E-state index < -0.39 is 10.8 Å². The van der Waals surface area contributed by atoms with Gasteiger partial charge in [-0.2, -0.15) is 4.98 Å². The van der Waals surface area contributed by atoms with Gasteiger partial charge in [0.2, 0.25) is 5.95 Å². The van der Waals surface area contributed by atoms with E-state index in [4.69, 9.17) is 21.6 Å². The molecule has 0 amide bonds. The Hall–Kier alpha value is -1.96. The molecule has 6 nitrogen and oxygen atoms in total. The number of benzene rings is 1. The smallest absolute Gasteiger partial charge is 0.227 e. The Morgan fingerprint density at radius 2 is 1.97 bits per heavy atom. The fourth-order valence-electron chi connectivity index (χ4n) is 4.90. The van der Waals surface area contributed by atoms with Crippen LogP contribution in [0.25, 0.3) is 5.57 Å². The maximum absolute atomic E-state index is 12.8. The molecule has 2 aliphatic heterocycles. The van der Waals surface area contributed by atoms with Crippen molar-refractivity contribution in [2.24, 2.45) is 0 Å². The average molecular weight is 473 g/mol. The number of aryl methyl sites for hydroxylation is 1. The van der Waals surface area contributed by atoms with Crippen molar-refractivity contribution in [1.82, 2.24) is 9.97 Å². The number of aliphatic hydroxyl groups is 1. The Balaban J connectivity index is 1.47. The zero-order chi connectivity index (χ0) is 22.3. The molecule has 8 heteroatoms. The highest BCUT2D eigenvalue weighted by Gasteiger charge is 2.38. The van der Waals surface area contributed by atoms with E-state index in [1.807, 2.05) is 12.1 Å². The van der Waals surface area contributed by atoms with Crippen LogP contribution in [0, 0.1) is 0 Å². The van der Waals surface area contributed by atoms with Gasteiger partial charge in [-0.15, -0.1) is 0 Å². The van der Waals surface area contributed by atoms with Crippen molar-refractivity contribution in [3.05, 3.63) is 46.1 Å². The number of fused-ring (bicyclic) bond motifs is 1. The molecular formula is C24H29ClN4O2S. The minimum Gasteiger partial charge on any atom is -0.394 e. The fraction of sp³-hybridized carbons (Fsp3) is 0.500. The molecule has 1 aliphatic carbocycles. The van der Waals surface area contributed by atoms with Crippen LogP contribution in [0.3, 0.4) is 0 Å². The summed E-state index contributed by atoms with van der Waals surface area (Å²) in [6.07, 6.45) is 5.49. The van der Waals surface area contributed by atoms with Gasteiger partial charge < -0.3 is 15.3 Å². The Labute approximate surface area is 196 Å². The van der Waals surface area contributed by atoms with Gasteiger partial charge in [-0.1, -0.05) is 29.3 Å². The molecule has 1 aromatic heterocycles. The highest BCUT2D eigenvalue weighted by atomic mass is 35.5. The summed E-state index contributed by atoms with van der Waals surface area (Å²) in [5.74, 6) is 1.99. The molecule has 2 N–H and O–H groups in total. The van der Waals surface area contributed by atoms with Crippen molar-refractivity contribution in [3.8, 4) is 0 Å². The first kappa shape index (κ1) is 21.9. The van der Waals surface area contributed by atoms with Crippen molar-refractivity contribution in [2.45, 2.75) is 55.9 Å². The third-order valence-corrected chi connectivity index (χ3v) is 8.74. The van der Waals surface area contributed by atoms with Crippen LogP contribution in [0.15, 0.2) is 34.7 Å². The first-order valence-corrected chi connectivity index (χ1v) is 13.1. The molecule has 1 saturated carbocycles. The third kappa shape index (κ3) is 4.06. The third-order valence-electron chi connectivity index (χ3n) is 6.94. The first-order valence-electron chi connectivity index (χ1n) is 11.4. The fourth-order valence-corrected chi connectivity index (χ4v) is 6.36. The second-order valence-electron chi connectivity index (χ2n) is 9.16. The maximum Gasteiger partial charge on any atom is 0.227 e. The molecule has 170 valence electrons. The van der Waals surface area contributed by atoms with Gasteiger partial charge in [0.25, 0.3) is 0 Å². The topological polar surface area (TPSA) is 78.3 Å². The number of aromatic nitrogens is 2. The highest BCUT2D eigenvalue weighted by Crippen LogP contribution is 2.38. The molecule has 1 unspecified atom stereocenters. The molecular weight excluding hydrogens is 444 g/mol. The minimum atomic E-state index is -1.10. The number of halogens is 1. The molecule has 1 fully saturated rings. The Morgan fingerprint density at radius 3 is 2.62 bits per heavy atom. The molecule has 0 spiro atoms. The summed E-state index contributed by atoms with van der Waals surface area (Å²) in [5.41, 5.74) is 4.40. The van der Waals surface area contributed by atoms with E-state index in [1.165, 1.54) is 16.7 Å². The molecule has 2 aromatic rings. The number of hydrogen-bond acceptors (Lipinski definition) is 6. The summed E-state index contributed by atoms with van der Waals surface area (Å²) < 4.78 is 12.8. The van der Waals surface area contributed by atoms with E-state index in [0.717, 1.165) is 67.2 Å². The van der Waals surface area contributed by atoms with Gasteiger partial charge >= 0.3 is 0 Å². The van der Waals surface area contributed by atoms with E-state index in [-0.39, 0.29) is 12.1 Å². The summed E-state index contributed by atoms with van der Waals surface area (Å²) in [4.78, 5) is 12.7. The second kappa shape index (κ2) is 8.76. The number of anilines is 2. The molecule has 0 bridgehead atoms. The molecule has 1 atom stereocenters. The van der Waals surface area contributed by atoms with Crippen LogP contribution >= 0.6 is 11.6 Å².